The molecule has 2 aliphatic rings. The minimum Gasteiger partial charge on any atom is -0.312 e. The third-order valence-electron chi connectivity index (χ3n) is 3.09. The Morgan fingerprint density at radius 3 is 3.43 bits per heavy atom. The molecule has 4 heteroatoms. The van der Waals surface area contributed by atoms with Crippen molar-refractivity contribution in [2.45, 2.75) is 25.4 Å². The average molecular weight is 209 g/mol. The van der Waals surface area contributed by atoms with Crippen LogP contribution < -0.4 is 5.32 Å². The van der Waals surface area contributed by atoms with E-state index in [-0.39, 0.29) is 0 Å². The highest BCUT2D eigenvalue weighted by molar-refractivity contribution is 7.99. The second kappa shape index (κ2) is 3.59. The second-order valence-electron chi connectivity index (χ2n) is 4.01. The number of fused-ring (bicyclic) bond motifs is 1. The lowest BCUT2D eigenvalue weighted by Crippen LogP contribution is -2.25. The molecule has 0 spiro atoms. The maximum atomic E-state index is 4.54. The van der Waals surface area contributed by atoms with E-state index in [9.17, 15) is 0 Å². The fourth-order valence-corrected chi connectivity index (χ4v) is 3.49. The van der Waals surface area contributed by atoms with E-state index in [1.807, 2.05) is 6.20 Å². The summed E-state index contributed by atoms with van der Waals surface area (Å²) in [6.45, 7) is 2.12. The lowest BCUT2D eigenvalue weighted by Gasteiger charge is -2.18. The quantitative estimate of drug-likeness (QED) is 0.754. The molecule has 1 fully saturated rings. The first-order valence-electron chi connectivity index (χ1n) is 5.29. The summed E-state index contributed by atoms with van der Waals surface area (Å²) in [5.41, 5.74) is 2.89. The number of nitrogens with zero attached hydrogens (tertiary/aromatic N) is 2. The summed E-state index contributed by atoms with van der Waals surface area (Å²) >= 11 is 2.05. The SMILES string of the molecule is c1nn(C2CCSC2)c2c1CNCC2. The first-order valence-corrected chi connectivity index (χ1v) is 6.44. The van der Waals surface area contributed by atoms with Crippen molar-refractivity contribution in [2.24, 2.45) is 0 Å². The van der Waals surface area contributed by atoms with Crippen LogP contribution >= 0.6 is 11.8 Å². The summed E-state index contributed by atoms with van der Waals surface area (Å²) in [5.74, 6) is 2.55. The lowest BCUT2D eigenvalue weighted by atomic mass is 10.1. The average Bonchev–Trinajstić information content (AvgIpc) is 2.85. The number of hydrogen-bond acceptors (Lipinski definition) is 3. The normalized spacial score (nSPS) is 26.4. The van der Waals surface area contributed by atoms with E-state index < -0.39 is 0 Å². The molecule has 1 aromatic rings. The van der Waals surface area contributed by atoms with Crippen molar-refractivity contribution in [3.8, 4) is 0 Å². The highest BCUT2D eigenvalue weighted by Crippen LogP contribution is 2.29. The van der Waals surface area contributed by atoms with Crippen molar-refractivity contribution < 1.29 is 0 Å². The zero-order valence-electron chi connectivity index (χ0n) is 8.20. The lowest BCUT2D eigenvalue weighted by molar-refractivity contribution is 0.470. The Kier molecular flexibility index (Phi) is 2.25. The number of aromatic nitrogens is 2. The third-order valence-corrected chi connectivity index (χ3v) is 4.24. The number of rotatable bonds is 1. The van der Waals surface area contributed by atoms with E-state index in [1.165, 1.54) is 29.2 Å². The maximum absolute atomic E-state index is 4.54. The van der Waals surface area contributed by atoms with Crippen molar-refractivity contribution in [1.29, 1.82) is 0 Å². The van der Waals surface area contributed by atoms with Gasteiger partial charge in [-0.2, -0.15) is 16.9 Å². The van der Waals surface area contributed by atoms with Crippen LogP contribution in [0.25, 0.3) is 0 Å². The molecular formula is C10H15N3S. The van der Waals surface area contributed by atoms with Gasteiger partial charge in [-0.15, -0.1) is 0 Å². The Balaban J connectivity index is 1.93. The Hall–Kier alpha value is -0.480. The van der Waals surface area contributed by atoms with Gasteiger partial charge in [-0.1, -0.05) is 0 Å². The Morgan fingerprint density at radius 2 is 2.57 bits per heavy atom. The number of thioether (sulfide) groups is 1. The van der Waals surface area contributed by atoms with Gasteiger partial charge in [0.2, 0.25) is 0 Å². The Bertz CT molecular complexity index is 328. The van der Waals surface area contributed by atoms with E-state index in [0.29, 0.717) is 6.04 Å². The van der Waals surface area contributed by atoms with Gasteiger partial charge in [0.25, 0.3) is 0 Å². The molecule has 2 aliphatic heterocycles. The summed E-state index contributed by atoms with van der Waals surface area (Å²) in [7, 11) is 0. The summed E-state index contributed by atoms with van der Waals surface area (Å²) in [5, 5.41) is 7.93. The van der Waals surface area contributed by atoms with Gasteiger partial charge < -0.3 is 5.32 Å². The Morgan fingerprint density at radius 1 is 1.57 bits per heavy atom. The van der Waals surface area contributed by atoms with Crippen LogP contribution in [0.2, 0.25) is 0 Å². The molecule has 3 heterocycles. The molecule has 0 aromatic carbocycles. The van der Waals surface area contributed by atoms with Gasteiger partial charge in [0.1, 0.15) is 0 Å². The van der Waals surface area contributed by atoms with E-state index in [4.69, 9.17) is 0 Å². The van der Waals surface area contributed by atoms with Crippen LogP contribution in [0, 0.1) is 0 Å². The fraction of sp³-hybridized carbons (Fsp3) is 0.700. The largest absolute Gasteiger partial charge is 0.312 e. The van der Waals surface area contributed by atoms with Crippen molar-refractivity contribution in [1.82, 2.24) is 15.1 Å². The van der Waals surface area contributed by atoms with Gasteiger partial charge >= 0.3 is 0 Å². The van der Waals surface area contributed by atoms with Crippen LogP contribution in [0.15, 0.2) is 6.20 Å². The minimum absolute atomic E-state index is 0.668. The van der Waals surface area contributed by atoms with Gasteiger partial charge in [0.15, 0.2) is 0 Å². The van der Waals surface area contributed by atoms with Crippen molar-refractivity contribution in [3.05, 3.63) is 17.5 Å². The molecule has 1 saturated heterocycles. The van der Waals surface area contributed by atoms with E-state index >= 15 is 0 Å². The van der Waals surface area contributed by atoms with Crippen LogP contribution in [-0.4, -0.2) is 27.8 Å². The second-order valence-corrected chi connectivity index (χ2v) is 5.16. The molecule has 1 aromatic heterocycles. The maximum Gasteiger partial charge on any atom is 0.0620 e. The predicted molar refractivity (Wildman–Crippen MR) is 58.6 cm³/mol. The van der Waals surface area contributed by atoms with Gasteiger partial charge in [0, 0.05) is 36.5 Å². The number of hydrogen-bond donors (Lipinski definition) is 1. The molecular weight excluding hydrogens is 194 g/mol. The number of nitrogens with one attached hydrogen (secondary N) is 1. The van der Waals surface area contributed by atoms with Gasteiger partial charge in [-0.3, -0.25) is 4.68 Å². The minimum atomic E-state index is 0.668. The van der Waals surface area contributed by atoms with Gasteiger partial charge in [-0.25, -0.2) is 0 Å². The molecule has 14 heavy (non-hydrogen) atoms. The summed E-state index contributed by atoms with van der Waals surface area (Å²) in [6, 6.07) is 0.668. The third kappa shape index (κ3) is 1.37. The fourth-order valence-electron chi connectivity index (χ4n) is 2.31. The Labute approximate surface area is 88.3 Å². The summed E-state index contributed by atoms with van der Waals surface area (Å²) in [4.78, 5) is 0. The summed E-state index contributed by atoms with van der Waals surface area (Å²) < 4.78 is 2.29. The molecule has 3 nitrogen and oxygen atoms in total. The topological polar surface area (TPSA) is 29.9 Å². The van der Waals surface area contributed by atoms with Crippen molar-refractivity contribution in [2.75, 3.05) is 18.1 Å². The highest BCUT2D eigenvalue weighted by Gasteiger charge is 2.23. The first kappa shape index (κ1) is 8.80. The van der Waals surface area contributed by atoms with E-state index in [1.54, 1.807) is 0 Å². The smallest absolute Gasteiger partial charge is 0.0620 e. The van der Waals surface area contributed by atoms with Crippen LogP contribution in [0.5, 0.6) is 0 Å². The molecule has 0 saturated carbocycles. The molecule has 0 radical (unpaired) electrons. The molecule has 76 valence electrons. The van der Waals surface area contributed by atoms with Crippen molar-refractivity contribution >= 4 is 11.8 Å². The molecule has 1 unspecified atom stereocenters. The van der Waals surface area contributed by atoms with Gasteiger partial charge in [0.05, 0.1) is 12.2 Å². The zero-order valence-corrected chi connectivity index (χ0v) is 9.02. The standard InChI is InChI=1S/C10H15N3S/c1-3-11-5-8-6-12-13(10(1)8)9-2-4-14-7-9/h6,9,11H,1-5,7H2. The zero-order chi connectivity index (χ0) is 9.38. The highest BCUT2D eigenvalue weighted by atomic mass is 32.2. The summed E-state index contributed by atoms with van der Waals surface area (Å²) in [6.07, 6.45) is 4.49. The van der Waals surface area contributed by atoms with Crippen LogP contribution in [0.3, 0.4) is 0 Å². The van der Waals surface area contributed by atoms with Crippen LogP contribution in [-0.2, 0) is 13.0 Å². The van der Waals surface area contributed by atoms with Gasteiger partial charge in [-0.05, 0) is 12.2 Å². The molecule has 1 N–H and O–H groups in total. The molecule has 0 bridgehead atoms. The molecule has 3 rings (SSSR count). The monoisotopic (exact) mass is 209 g/mol. The molecule has 1 atom stereocenters. The van der Waals surface area contributed by atoms with Crippen molar-refractivity contribution in [3.63, 3.8) is 0 Å². The van der Waals surface area contributed by atoms with E-state index in [0.717, 1.165) is 19.5 Å². The first-order chi connectivity index (χ1) is 6.95. The van der Waals surface area contributed by atoms with Crippen LogP contribution in [0.1, 0.15) is 23.7 Å². The van der Waals surface area contributed by atoms with E-state index in [2.05, 4.69) is 26.9 Å². The predicted octanol–water partition coefficient (Wildman–Crippen LogP) is 1.21. The van der Waals surface area contributed by atoms with Crippen LogP contribution in [0.4, 0.5) is 0 Å². The molecule has 0 amide bonds. The molecule has 0 aliphatic carbocycles.